The number of hydrogen-bond donors (Lipinski definition) is 0. The highest BCUT2D eigenvalue weighted by atomic mass is 15.1. The van der Waals surface area contributed by atoms with Gasteiger partial charge in [0.25, 0.3) is 0 Å². The lowest BCUT2D eigenvalue weighted by molar-refractivity contribution is 0.402. The van der Waals surface area contributed by atoms with E-state index >= 15 is 0 Å². The van der Waals surface area contributed by atoms with Gasteiger partial charge in [-0.25, -0.2) is 0 Å². The average molecular weight is 245 g/mol. The van der Waals surface area contributed by atoms with Crippen LogP contribution < -0.4 is 0 Å². The topological polar surface area (TPSA) is 101 Å². The summed E-state index contributed by atoms with van der Waals surface area (Å²) in [5.74, 6) is 0. The first-order valence-electron chi connectivity index (χ1n) is 5.44. The zero-order chi connectivity index (χ0) is 13.4. The van der Waals surface area contributed by atoms with E-state index in [1.807, 2.05) is 37.2 Å². The molecule has 0 aliphatic rings. The second-order valence-corrected chi connectivity index (χ2v) is 4.17. The van der Waals surface area contributed by atoms with E-state index < -0.39 is 0 Å². The van der Waals surface area contributed by atoms with Crippen molar-refractivity contribution in [2.75, 3.05) is 14.1 Å². The lowest BCUT2D eigenvalue weighted by atomic mass is 10.1. The summed E-state index contributed by atoms with van der Waals surface area (Å²) in [5.41, 5.74) is 19.6. The number of benzene rings is 1. The second kappa shape index (κ2) is 7.19. The van der Waals surface area contributed by atoms with Gasteiger partial charge in [0.05, 0.1) is 13.1 Å². The van der Waals surface area contributed by atoms with Gasteiger partial charge in [-0.15, -0.1) is 0 Å². The molecule has 1 rings (SSSR count). The third kappa shape index (κ3) is 4.76. The first-order valence-corrected chi connectivity index (χ1v) is 5.44. The van der Waals surface area contributed by atoms with Gasteiger partial charge in [-0.1, -0.05) is 28.4 Å². The standard InChI is InChI=1S/C11H15N7/c1-18(2)8-11-4-9(6-14-16-12)3-10(5-11)7-15-17-13/h3-5H,6-8H2,1-2H3. The van der Waals surface area contributed by atoms with Gasteiger partial charge < -0.3 is 4.90 Å². The molecule has 1 aromatic carbocycles. The van der Waals surface area contributed by atoms with Crippen LogP contribution in [0.15, 0.2) is 28.4 Å². The summed E-state index contributed by atoms with van der Waals surface area (Å²) in [5, 5.41) is 7.09. The number of nitrogens with zero attached hydrogens (tertiary/aromatic N) is 7. The fraction of sp³-hybridized carbons (Fsp3) is 0.455. The largest absolute Gasteiger partial charge is 0.305 e. The summed E-state index contributed by atoms with van der Waals surface area (Å²) < 4.78 is 0. The molecule has 0 aliphatic heterocycles. The fourth-order valence-electron chi connectivity index (χ4n) is 1.70. The number of hydrogen-bond acceptors (Lipinski definition) is 3. The monoisotopic (exact) mass is 245 g/mol. The van der Waals surface area contributed by atoms with Gasteiger partial charge in [0.2, 0.25) is 0 Å². The molecule has 7 nitrogen and oxygen atoms in total. The van der Waals surface area contributed by atoms with Crippen molar-refractivity contribution in [2.24, 2.45) is 10.2 Å². The quantitative estimate of drug-likeness (QED) is 0.428. The smallest absolute Gasteiger partial charge is 0.0511 e. The first kappa shape index (κ1) is 13.9. The lowest BCUT2D eigenvalue weighted by Crippen LogP contribution is -2.11. The molecule has 0 unspecified atom stereocenters. The molecule has 0 amide bonds. The minimum atomic E-state index is 0.307. The van der Waals surface area contributed by atoms with E-state index in [0.717, 1.165) is 23.2 Å². The van der Waals surface area contributed by atoms with Crippen LogP contribution in [0.1, 0.15) is 16.7 Å². The van der Waals surface area contributed by atoms with Crippen LogP contribution >= 0.6 is 0 Å². The van der Waals surface area contributed by atoms with E-state index in [4.69, 9.17) is 11.1 Å². The van der Waals surface area contributed by atoms with Crippen LogP contribution in [0.2, 0.25) is 0 Å². The highest BCUT2D eigenvalue weighted by Gasteiger charge is 2.02. The predicted octanol–water partition coefficient (Wildman–Crippen LogP) is 3.37. The summed E-state index contributed by atoms with van der Waals surface area (Å²) in [7, 11) is 3.96. The van der Waals surface area contributed by atoms with Crippen molar-refractivity contribution in [1.29, 1.82) is 0 Å². The minimum absolute atomic E-state index is 0.307. The summed E-state index contributed by atoms with van der Waals surface area (Å²) in [6.45, 7) is 1.40. The van der Waals surface area contributed by atoms with Crippen molar-refractivity contribution in [2.45, 2.75) is 19.6 Å². The second-order valence-electron chi connectivity index (χ2n) is 4.17. The number of azide groups is 2. The Balaban J connectivity index is 3.01. The van der Waals surface area contributed by atoms with Crippen molar-refractivity contribution < 1.29 is 0 Å². The van der Waals surface area contributed by atoms with E-state index in [0.29, 0.717) is 13.1 Å². The van der Waals surface area contributed by atoms with Gasteiger partial charge >= 0.3 is 0 Å². The molecule has 94 valence electrons. The Morgan fingerprint density at radius 2 is 1.39 bits per heavy atom. The molecule has 0 aliphatic carbocycles. The zero-order valence-corrected chi connectivity index (χ0v) is 10.5. The maximum absolute atomic E-state index is 8.34. The SMILES string of the molecule is CN(C)Cc1cc(CN=[N+]=[N-])cc(CN=[N+]=[N-])c1. The van der Waals surface area contributed by atoms with Crippen molar-refractivity contribution in [1.82, 2.24) is 4.90 Å². The van der Waals surface area contributed by atoms with E-state index in [1.165, 1.54) is 0 Å². The van der Waals surface area contributed by atoms with Crippen molar-refractivity contribution in [3.8, 4) is 0 Å². The molecule has 0 saturated heterocycles. The molecule has 0 radical (unpaired) electrons. The van der Waals surface area contributed by atoms with Crippen molar-refractivity contribution >= 4 is 0 Å². The lowest BCUT2D eigenvalue weighted by Gasteiger charge is -2.12. The summed E-state index contributed by atoms with van der Waals surface area (Å²) in [4.78, 5) is 7.54. The minimum Gasteiger partial charge on any atom is -0.305 e. The predicted molar refractivity (Wildman–Crippen MR) is 69.5 cm³/mol. The summed E-state index contributed by atoms with van der Waals surface area (Å²) in [6.07, 6.45) is 0. The van der Waals surface area contributed by atoms with Gasteiger partial charge in [-0.2, -0.15) is 0 Å². The molecule has 0 spiro atoms. The van der Waals surface area contributed by atoms with E-state index in [1.54, 1.807) is 0 Å². The van der Waals surface area contributed by atoms with Crippen LogP contribution in [0.25, 0.3) is 20.9 Å². The Bertz CT molecular complexity index is 458. The summed E-state index contributed by atoms with van der Waals surface area (Å²) in [6, 6.07) is 5.88. The average Bonchev–Trinajstić information content (AvgIpc) is 2.33. The van der Waals surface area contributed by atoms with Crippen LogP contribution in [0.3, 0.4) is 0 Å². The molecule has 7 heteroatoms. The molecule has 0 heterocycles. The Hall–Kier alpha value is -2.20. The van der Waals surface area contributed by atoms with Gasteiger partial charge in [-0.05, 0) is 41.8 Å². The van der Waals surface area contributed by atoms with E-state index in [2.05, 4.69) is 20.1 Å². The van der Waals surface area contributed by atoms with Crippen LogP contribution in [0.5, 0.6) is 0 Å². The molecular formula is C11H15N7. The van der Waals surface area contributed by atoms with E-state index in [9.17, 15) is 0 Å². The van der Waals surface area contributed by atoms with Crippen molar-refractivity contribution in [3.05, 3.63) is 55.8 Å². The number of rotatable bonds is 6. The van der Waals surface area contributed by atoms with Crippen LogP contribution in [0.4, 0.5) is 0 Å². The Morgan fingerprint density at radius 1 is 0.944 bits per heavy atom. The highest BCUT2D eigenvalue weighted by molar-refractivity contribution is 5.30. The maximum Gasteiger partial charge on any atom is 0.0511 e. The first-order chi connectivity index (χ1) is 8.65. The molecule has 1 aromatic rings. The third-order valence-corrected chi connectivity index (χ3v) is 2.24. The van der Waals surface area contributed by atoms with Gasteiger partial charge in [0, 0.05) is 16.4 Å². The Labute approximate surface area is 105 Å². The maximum atomic E-state index is 8.34. The van der Waals surface area contributed by atoms with Gasteiger partial charge in [0.1, 0.15) is 0 Å². The third-order valence-electron chi connectivity index (χ3n) is 2.24. The molecule has 0 saturated carbocycles. The molecular weight excluding hydrogens is 230 g/mol. The highest BCUT2D eigenvalue weighted by Crippen LogP contribution is 2.14. The Morgan fingerprint density at radius 3 is 1.78 bits per heavy atom. The molecule has 0 bridgehead atoms. The molecule has 0 aromatic heterocycles. The van der Waals surface area contributed by atoms with Crippen LogP contribution in [0, 0.1) is 0 Å². The fourth-order valence-corrected chi connectivity index (χ4v) is 1.70. The van der Waals surface area contributed by atoms with E-state index in [-0.39, 0.29) is 0 Å². The van der Waals surface area contributed by atoms with Crippen LogP contribution in [-0.4, -0.2) is 19.0 Å². The Kier molecular flexibility index (Phi) is 5.54. The molecule has 18 heavy (non-hydrogen) atoms. The van der Waals surface area contributed by atoms with Crippen molar-refractivity contribution in [3.63, 3.8) is 0 Å². The summed E-state index contributed by atoms with van der Waals surface area (Å²) >= 11 is 0. The van der Waals surface area contributed by atoms with Crippen LogP contribution in [-0.2, 0) is 19.6 Å². The van der Waals surface area contributed by atoms with Gasteiger partial charge in [0.15, 0.2) is 0 Å². The molecule has 0 fully saturated rings. The molecule has 0 atom stereocenters. The van der Waals surface area contributed by atoms with Gasteiger partial charge in [-0.3, -0.25) is 0 Å². The zero-order valence-electron chi connectivity index (χ0n) is 10.5. The normalized spacial score (nSPS) is 9.72. The molecule has 0 N–H and O–H groups in total.